The molecule has 0 heterocycles. The highest BCUT2D eigenvalue weighted by atomic mass is 16.5. The fourth-order valence-electron chi connectivity index (χ4n) is 1.70. The van der Waals surface area contributed by atoms with Crippen molar-refractivity contribution in [2.45, 2.75) is 6.61 Å². The van der Waals surface area contributed by atoms with Gasteiger partial charge in [-0.3, -0.25) is 0 Å². The van der Waals surface area contributed by atoms with Crippen LogP contribution in [0.3, 0.4) is 0 Å². The van der Waals surface area contributed by atoms with E-state index in [1.165, 1.54) is 0 Å². The van der Waals surface area contributed by atoms with Crippen LogP contribution >= 0.6 is 0 Å². The fraction of sp³-hybridized carbons (Fsp3) is 0.200. The number of anilines is 1. The molecule has 4 heteroatoms. The molecule has 0 aliphatic heterocycles. The standard InChI is InChI=1S/C15H17NO3/c1-17-12-4-3-5-13(9-12)19-10-11-6-7-14(16)15(8-11)18-2/h3-9H,10,16H2,1-2H3. The second kappa shape index (κ2) is 6.00. The Morgan fingerprint density at radius 2 is 1.74 bits per heavy atom. The largest absolute Gasteiger partial charge is 0.497 e. The predicted octanol–water partition coefficient (Wildman–Crippen LogP) is 2.87. The smallest absolute Gasteiger partial charge is 0.142 e. The Morgan fingerprint density at radius 1 is 0.947 bits per heavy atom. The van der Waals surface area contributed by atoms with Crippen LogP contribution in [0.4, 0.5) is 5.69 Å². The van der Waals surface area contributed by atoms with E-state index >= 15 is 0 Å². The van der Waals surface area contributed by atoms with Crippen molar-refractivity contribution in [2.75, 3.05) is 20.0 Å². The second-order valence-corrected chi connectivity index (χ2v) is 4.04. The first-order valence-electron chi connectivity index (χ1n) is 5.92. The third-order valence-electron chi connectivity index (χ3n) is 2.74. The molecule has 0 aromatic heterocycles. The summed E-state index contributed by atoms with van der Waals surface area (Å²) in [5.74, 6) is 2.19. The molecule has 0 saturated heterocycles. The number of benzene rings is 2. The summed E-state index contributed by atoms with van der Waals surface area (Å²) in [4.78, 5) is 0. The van der Waals surface area contributed by atoms with Gasteiger partial charge in [-0.2, -0.15) is 0 Å². The van der Waals surface area contributed by atoms with Crippen molar-refractivity contribution in [1.82, 2.24) is 0 Å². The van der Waals surface area contributed by atoms with E-state index in [4.69, 9.17) is 19.9 Å². The van der Waals surface area contributed by atoms with Crippen LogP contribution in [0.15, 0.2) is 42.5 Å². The molecule has 2 rings (SSSR count). The molecule has 100 valence electrons. The van der Waals surface area contributed by atoms with E-state index in [0.29, 0.717) is 18.0 Å². The number of methoxy groups -OCH3 is 2. The average Bonchev–Trinajstić information content (AvgIpc) is 2.46. The maximum atomic E-state index is 5.76. The zero-order valence-corrected chi connectivity index (χ0v) is 11.1. The van der Waals surface area contributed by atoms with Gasteiger partial charge in [-0.05, 0) is 29.8 Å². The van der Waals surface area contributed by atoms with E-state index < -0.39 is 0 Å². The summed E-state index contributed by atoms with van der Waals surface area (Å²) in [6.45, 7) is 0.448. The molecule has 0 spiro atoms. The van der Waals surface area contributed by atoms with Gasteiger partial charge in [-0.25, -0.2) is 0 Å². The van der Waals surface area contributed by atoms with E-state index in [-0.39, 0.29) is 0 Å². The van der Waals surface area contributed by atoms with Crippen molar-refractivity contribution in [3.8, 4) is 17.2 Å². The lowest BCUT2D eigenvalue weighted by atomic mass is 10.2. The van der Waals surface area contributed by atoms with Gasteiger partial charge in [0.15, 0.2) is 0 Å². The van der Waals surface area contributed by atoms with Gasteiger partial charge >= 0.3 is 0 Å². The van der Waals surface area contributed by atoms with Gasteiger partial charge in [0.1, 0.15) is 23.9 Å². The van der Waals surface area contributed by atoms with Crippen molar-refractivity contribution in [2.24, 2.45) is 0 Å². The first-order chi connectivity index (χ1) is 9.22. The molecule has 0 amide bonds. The summed E-state index contributed by atoms with van der Waals surface area (Å²) in [7, 11) is 3.22. The number of nitrogens with two attached hydrogens (primary N) is 1. The Morgan fingerprint density at radius 3 is 2.47 bits per heavy atom. The summed E-state index contributed by atoms with van der Waals surface area (Å²) in [6, 6.07) is 13.1. The normalized spacial score (nSPS) is 10.0. The molecule has 0 aliphatic carbocycles. The minimum atomic E-state index is 0.448. The van der Waals surface area contributed by atoms with Gasteiger partial charge in [0.05, 0.1) is 19.9 Å². The quantitative estimate of drug-likeness (QED) is 0.839. The topological polar surface area (TPSA) is 53.7 Å². The molecule has 0 saturated carbocycles. The van der Waals surface area contributed by atoms with E-state index in [1.54, 1.807) is 14.2 Å². The molecule has 4 nitrogen and oxygen atoms in total. The molecule has 0 fully saturated rings. The van der Waals surface area contributed by atoms with Gasteiger partial charge in [-0.1, -0.05) is 12.1 Å². The van der Waals surface area contributed by atoms with Crippen LogP contribution in [0.5, 0.6) is 17.2 Å². The van der Waals surface area contributed by atoms with Crippen molar-refractivity contribution in [1.29, 1.82) is 0 Å². The number of nitrogen functional groups attached to an aromatic ring is 1. The van der Waals surface area contributed by atoms with Crippen LogP contribution < -0.4 is 19.9 Å². The van der Waals surface area contributed by atoms with Crippen LogP contribution in [0.25, 0.3) is 0 Å². The number of ether oxygens (including phenoxy) is 3. The maximum Gasteiger partial charge on any atom is 0.142 e. The minimum absolute atomic E-state index is 0.448. The summed E-state index contributed by atoms with van der Waals surface area (Å²) in [5, 5.41) is 0. The lowest BCUT2D eigenvalue weighted by Crippen LogP contribution is -1.98. The Bertz CT molecular complexity index is 555. The molecule has 2 aromatic carbocycles. The van der Waals surface area contributed by atoms with E-state index in [1.807, 2.05) is 42.5 Å². The highest BCUT2D eigenvalue weighted by Crippen LogP contribution is 2.24. The minimum Gasteiger partial charge on any atom is -0.497 e. The summed E-state index contributed by atoms with van der Waals surface area (Å²) in [6.07, 6.45) is 0. The molecule has 0 unspecified atom stereocenters. The van der Waals surface area contributed by atoms with Crippen LogP contribution in [-0.2, 0) is 6.61 Å². The first-order valence-corrected chi connectivity index (χ1v) is 5.92. The van der Waals surface area contributed by atoms with E-state index in [9.17, 15) is 0 Å². The van der Waals surface area contributed by atoms with Crippen molar-refractivity contribution in [3.63, 3.8) is 0 Å². The van der Waals surface area contributed by atoms with E-state index in [2.05, 4.69) is 0 Å². The molecule has 0 radical (unpaired) electrons. The number of hydrogen-bond acceptors (Lipinski definition) is 4. The molecule has 0 aliphatic rings. The fourth-order valence-corrected chi connectivity index (χ4v) is 1.70. The zero-order valence-electron chi connectivity index (χ0n) is 11.1. The van der Waals surface area contributed by atoms with Crippen molar-refractivity contribution in [3.05, 3.63) is 48.0 Å². The van der Waals surface area contributed by atoms with Gasteiger partial charge in [0.25, 0.3) is 0 Å². The average molecular weight is 259 g/mol. The van der Waals surface area contributed by atoms with Gasteiger partial charge in [0, 0.05) is 6.07 Å². The SMILES string of the molecule is COc1cccc(OCc2ccc(N)c(OC)c2)c1. The van der Waals surface area contributed by atoms with Gasteiger partial charge in [0.2, 0.25) is 0 Å². The first kappa shape index (κ1) is 13.1. The molecular formula is C15H17NO3. The highest BCUT2D eigenvalue weighted by molar-refractivity contribution is 5.53. The molecule has 0 atom stereocenters. The molecule has 2 aromatic rings. The van der Waals surface area contributed by atoms with Crippen LogP contribution in [0, 0.1) is 0 Å². The third kappa shape index (κ3) is 3.31. The molecule has 0 bridgehead atoms. The van der Waals surface area contributed by atoms with Gasteiger partial charge < -0.3 is 19.9 Å². The monoisotopic (exact) mass is 259 g/mol. The highest BCUT2D eigenvalue weighted by Gasteiger charge is 2.02. The summed E-state index contributed by atoms with van der Waals surface area (Å²) >= 11 is 0. The number of hydrogen-bond donors (Lipinski definition) is 1. The zero-order chi connectivity index (χ0) is 13.7. The van der Waals surface area contributed by atoms with Crippen LogP contribution in [-0.4, -0.2) is 14.2 Å². The summed E-state index contributed by atoms with van der Waals surface area (Å²) < 4.78 is 16.0. The Hall–Kier alpha value is -2.36. The van der Waals surface area contributed by atoms with E-state index in [0.717, 1.165) is 17.1 Å². The Labute approximate surface area is 112 Å². The van der Waals surface area contributed by atoms with Gasteiger partial charge in [-0.15, -0.1) is 0 Å². The second-order valence-electron chi connectivity index (χ2n) is 4.04. The maximum absolute atomic E-state index is 5.76. The van der Waals surface area contributed by atoms with Crippen molar-refractivity contribution < 1.29 is 14.2 Å². The molecule has 19 heavy (non-hydrogen) atoms. The lowest BCUT2D eigenvalue weighted by Gasteiger charge is -2.10. The Kier molecular flexibility index (Phi) is 4.13. The molecular weight excluding hydrogens is 242 g/mol. The third-order valence-corrected chi connectivity index (χ3v) is 2.74. The molecule has 2 N–H and O–H groups in total. The summed E-state index contributed by atoms with van der Waals surface area (Å²) in [5.41, 5.74) is 7.38. The van der Waals surface area contributed by atoms with Crippen molar-refractivity contribution >= 4 is 5.69 Å². The Balaban J connectivity index is 2.05. The predicted molar refractivity (Wildman–Crippen MR) is 74.7 cm³/mol. The van der Waals surface area contributed by atoms with Crippen LogP contribution in [0.1, 0.15) is 5.56 Å². The lowest BCUT2D eigenvalue weighted by molar-refractivity contribution is 0.303. The van der Waals surface area contributed by atoms with Crippen LogP contribution in [0.2, 0.25) is 0 Å². The number of rotatable bonds is 5.